The van der Waals surface area contributed by atoms with Crippen LogP contribution < -0.4 is 0 Å². The number of carboxylic acid groups (broad SMARTS) is 20. The van der Waals surface area contributed by atoms with E-state index in [1.807, 2.05) is 0 Å². The van der Waals surface area contributed by atoms with Crippen LogP contribution in [0.25, 0.3) is 0 Å². The fraction of sp³-hybridized carbons (Fsp3) is 0.753. The minimum atomic E-state index is -2.85. The molecule has 0 aromatic carbocycles. The Morgan fingerprint density at radius 2 is 0.157 bits per heavy atom. The van der Waals surface area contributed by atoms with Crippen LogP contribution in [-0.2, 0) is 95.9 Å². The summed E-state index contributed by atoms with van der Waals surface area (Å²) in [6.45, 7) is 19.4. The van der Waals surface area contributed by atoms with Crippen LogP contribution in [0.3, 0.4) is 0 Å². The quantitative estimate of drug-likeness (QED) is 0.0269. The molecule has 0 bridgehead atoms. The van der Waals surface area contributed by atoms with Gasteiger partial charge in [-0.1, -0.05) is 0 Å². The summed E-state index contributed by atoms with van der Waals surface area (Å²) in [5.74, 6) is -38.4. The molecule has 0 aliphatic rings. The first-order chi connectivity index (χ1) is 53.3. The lowest BCUT2D eigenvalue weighted by Gasteiger charge is -2.46. The minimum absolute atomic E-state index is 0.731. The zero-order chi connectivity index (χ0) is 97.0. The van der Waals surface area contributed by atoms with E-state index in [0.29, 0.717) is 0 Å². The Bertz CT molecular complexity index is 3870. The first-order valence-corrected chi connectivity index (χ1v) is 38.0. The van der Waals surface area contributed by atoms with Crippen LogP contribution in [0.15, 0.2) is 0 Å². The molecule has 688 valence electrons. The molecule has 121 heavy (non-hydrogen) atoms. The normalized spacial score (nSPS) is 21.1. The monoisotopic (exact) mass is 1740 g/mol. The molecule has 18 atom stereocenters. The van der Waals surface area contributed by atoms with Gasteiger partial charge in [-0.15, -0.1) is 0 Å². The van der Waals surface area contributed by atoms with Gasteiger partial charge in [0, 0.05) is 0 Å². The van der Waals surface area contributed by atoms with Crippen LogP contribution in [-0.4, -0.2) is 222 Å². The van der Waals surface area contributed by atoms with Gasteiger partial charge in [-0.25, -0.2) is 0 Å². The number of hydrogen-bond donors (Lipinski definition) is 20. The predicted molar refractivity (Wildman–Crippen MR) is 414 cm³/mol. The third-order valence-corrected chi connectivity index (χ3v) is 25.4. The molecule has 0 aromatic heterocycles. The van der Waals surface area contributed by atoms with Crippen molar-refractivity contribution in [2.24, 2.45) is 108 Å². The van der Waals surface area contributed by atoms with Gasteiger partial charge in [-0.05, 0) is 274 Å². The smallest absolute Gasteiger partial charge is 0.309 e. The summed E-state index contributed by atoms with van der Waals surface area (Å²) < 4.78 is 0. The Morgan fingerprint density at radius 1 is 0.107 bits per heavy atom. The van der Waals surface area contributed by atoms with Gasteiger partial charge in [0.25, 0.3) is 0 Å². The van der Waals surface area contributed by atoms with Gasteiger partial charge in [-0.3, -0.25) is 95.9 Å². The minimum Gasteiger partial charge on any atom is -0.481 e. The van der Waals surface area contributed by atoms with Crippen LogP contribution in [0, 0.1) is 108 Å². The van der Waals surface area contributed by atoms with Crippen molar-refractivity contribution in [3.63, 3.8) is 0 Å². The summed E-state index contributed by atoms with van der Waals surface area (Å²) in [6, 6.07) is 0. The van der Waals surface area contributed by atoms with Crippen molar-refractivity contribution in [3.05, 3.63) is 0 Å². The van der Waals surface area contributed by atoms with Crippen molar-refractivity contribution in [1.29, 1.82) is 0 Å². The van der Waals surface area contributed by atoms with E-state index >= 15 is 0 Å². The van der Waals surface area contributed by atoms with E-state index < -0.39 is 350 Å². The number of hydrogen-bond acceptors (Lipinski definition) is 20. The maximum Gasteiger partial charge on any atom is 0.309 e. The fourth-order valence-corrected chi connectivity index (χ4v) is 20.6. The summed E-state index contributed by atoms with van der Waals surface area (Å²) in [7, 11) is 0. The van der Waals surface area contributed by atoms with Crippen molar-refractivity contribution in [1.82, 2.24) is 0 Å². The van der Waals surface area contributed by atoms with Gasteiger partial charge in [0.1, 0.15) is 0 Å². The lowest BCUT2D eigenvalue weighted by Crippen LogP contribution is -2.51. The fourth-order valence-electron chi connectivity index (χ4n) is 20.6. The highest BCUT2D eigenvalue weighted by Crippen LogP contribution is 2.60. The van der Waals surface area contributed by atoms with Crippen molar-refractivity contribution in [2.45, 2.75) is 274 Å². The lowest BCUT2D eigenvalue weighted by atomic mass is 9.55. The van der Waals surface area contributed by atoms with E-state index in [0.717, 1.165) is 152 Å². The van der Waals surface area contributed by atoms with E-state index in [1.54, 1.807) is 0 Å². The molecule has 40 heteroatoms. The number of aliphatic carboxylic acids is 20. The van der Waals surface area contributed by atoms with Gasteiger partial charge < -0.3 is 102 Å². The molecule has 0 aromatic rings. The molecule has 0 aliphatic heterocycles. The lowest BCUT2D eigenvalue weighted by molar-refractivity contribution is -0.174. The zero-order valence-corrected chi connectivity index (χ0v) is 72.5. The molecular weight excluding hydrogens is 1610 g/mol. The summed E-state index contributed by atoms with van der Waals surface area (Å²) >= 11 is 0. The first-order valence-electron chi connectivity index (χ1n) is 38.0. The highest BCUT2D eigenvalue weighted by atomic mass is 16.4. The van der Waals surface area contributed by atoms with Crippen molar-refractivity contribution >= 4 is 119 Å². The molecule has 0 rings (SSSR count). The first kappa shape index (κ1) is 110. The molecule has 0 fully saturated rings. The van der Waals surface area contributed by atoms with E-state index in [2.05, 4.69) is 0 Å². The maximum absolute atomic E-state index is 13.8. The molecule has 0 heterocycles. The Labute approximate surface area is 697 Å². The topological polar surface area (TPSA) is 746 Å². The van der Waals surface area contributed by atoms with E-state index in [4.69, 9.17) is 0 Å². The molecule has 0 saturated carbocycles. The Kier molecular flexibility index (Phi) is 33.0. The summed E-state index contributed by atoms with van der Waals surface area (Å²) in [4.78, 5) is 268. The van der Waals surface area contributed by atoms with Gasteiger partial charge in [0.2, 0.25) is 0 Å². The van der Waals surface area contributed by atoms with Crippen LogP contribution >= 0.6 is 0 Å². The number of carbonyl (C=O) groups is 20. The molecule has 0 aliphatic carbocycles. The van der Waals surface area contributed by atoms with E-state index in [1.165, 1.54) is 0 Å². The summed E-state index contributed by atoms with van der Waals surface area (Å²) in [6.07, 6.45) is -22.8. The van der Waals surface area contributed by atoms with Gasteiger partial charge in [0.15, 0.2) is 0 Å². The van der Waals surface area contributed by atoms with Crippen molar-refractivity contribution < 1.29 is 198 Å². The zero-order valence-electron chi connectivity index (χ0n) is 72.5. The Balaban J connectivity index is 8.31. The van der Waals surface area contributed by atoms with E-state index in [9.17, 15) is 198 Å². The Hall–Kier alpha value is -10.6. The average Bonchev–Trinajstić information content (AvgIpc) is 0.745. The standard InChI is InChI=1S/C81H124O40/c1-62(2,42(82)83)23-64(5,44(86)87)25-66(7,46(90)91)27-68(9,48(94)95)29-70(11,50(98)99)31-72(13,52(102)103)33-74(15,54(106)107)35-76(17,56(110)111)37-78(19,58(114)115)39-80(21,60(118)119)41-81(22,61(120)121)40-79(20,59(116)117)38-77(18,57(112)113)36-75(16,55(108)109)34-73(14,53(104)105)32-71(12,51(100)101)30-69(10,49(96)97)28-67(8,47(92)93)26-65(6,45(88)89)24-63(3,4)43(84)85/h23-41H2,1-22H3,(H,82,83)(H,84,85)(H,86,87)(H,88,89)(H,90,91)(H,92,93)(H,94,95)(H,96,97)(H,98,99)(H,100,101)(H,102,103)(H,104,105)(H,106,107)(H,108,109)(H,110,111)(H,112,113)(H,114,115)(H,116,117)(H,118,119)(H,120,121). The molecule has 0 saturated heterocycles. The number of rotatable bonds is 58. The van der Waals surface area contributed by atoms with Crippen LogP contribution in [0.4, 0.5) is 0 Å². The second-order valence-electron chi connectivity index (χ2n) is 41.3. The molecule has 0 spiro atoms. The molecular formula is C81H124O40. The molecule has 0 radical (unpaired) electrons. The second-order valence-corrected chi connectivity index (χ2v) is 41.3. The van der Waals surface area contributed by atoms with E-state index in [-0.39, 0.29) is 0 Å². The van der Waals surface area contributed by atoms with Crippen LogP contribution in [0.1, 0.15) is 274 Å². The van der Waals surface area contributed by atoms with Gasteiger partial charge in [0.05, 0.1) is 108 Å². The van der Waals surface area contributed by atoms with Crippen LogP contribution in [0.5, 0.6) is 0 Å². The highest BCUT2D eigenvalue weighted by molar-refractivity contribution is 5.89. The average molecular weight is 1740 g/mol. The maximum atomic E-state index is 13.8. The summed E-state index contributed by atoms with van der Waals surface area (Å²) in [5, 5.41) is 216. The predicted octanol–water partition coefficient (Wildman–Crippen LogP) is 10.3. The van der Waals surface area contributed by atoms with Crippen molar-refractivity contribution in [2.75, 3.05) is 0 Å². The van der Waals surface area contributed by atoms with Crippen LogP contribution in [0.2, 0.25) is 0 Å². The molecule has 20 N–H and O–H groups in total. The van der Waals surface area contributed by atoms with Gasteiger partial charge in [-0.2, -0.15) is 0 Å². The highest BCUT2D eigenvalue weighted by Gasteiger charge is 2.64. The third-order valence-electron chi connectivity index (χ3n) is 25.4. The SMILES string of the molecule is CC(C)(CC(C)(CC(C)(CC(C)(CC(C)(CC(C)(CC(C)(CC(C)(CC(C)(CC(C)(CC(C)(CC(C)(CC(C)(CC(C)(CC(C)(CC(C)(CC(C)(CC(C)(CC(C)(CC(C)(C)C(=O)O)C(=O)O)C(=O)O)C(=O)O)C(=O)O)C(=O)O)C(=O)O)C(=O)O)C(=O)O)C(=O)O)C(=O)O)C(=O)O)C(=O)O)C(=O)O)C(=O)O)C(=O)O)C(=O)O)C(=O)O)C(=O)O)C(=O)O. The molecule has 40 nitrogen and oxygen atoms in total. The number of carboxylic acids is 20. The second kappa shape index (κ2) is 36.2. The van der Waals surface area contributed by atoms with Gasteiger partial charge >= 0.3 is 119 Å². The molecule has 18 unspecified atom stereocenters. The largest absolute Gasteiger partial charge is 0.481 e. The molecule has 0 amide bonds. The van der Waals surface area contributed by atoms with Crippen molar-refractivity contribution in [3.8, 4) is 0 Å². The third kappa shape index (κ3) is 25.3. The summed E-state index contributed by atoms with van der Waals surface area (Å²) in [5.41, 5.74) is -51.8. The Morgan fingerprint density at radius 3 is 0.198 bits per heavy atom.